The minimum Gasteiger partial charge on any atom is -0.494 e. The molecule has 0 atom stereocenters. The number of aromatic nitrogens is 1. The van der Waals surface area contributed by atoms with Crippen LogP contribution in [-0.2, 0) is 15.8 Å². The van der Waals surface area contributed by atoms with Crippen LogP contribution in [0.3, 0.4) is 0 Å². The van der Waals surface area contributed by atoms with Crippen molar-refractivity contribution < 1.29 is 22.3 Å². The molecule has 0 aliphatic rings. The molecule has 3 aromatic rings. The molecule has 0 spiro atoms. The average Bonchev–Trinajstić information content (AvgIpc) is 2.55. The lowest BCUT2D eigenvalue weighted by molar-refractivity contribution is 0.387. The summed E-state index contributed by atoms with van der Waals surface area (Å²) in [4.78, 5) is 4.18. The number of benzene rings is 2. The van der Waals surface area contributed by atoms with E-state index in [1.54, 1.807) is 36.5 Å². The molecule has 0 aliphatic heterocycles. The molecule has 8 heteroatoms. The monoisotopic (exact) mass is 362 g/mol. The van der Waals surface area contributed by atoms with Crippen molar-refractivity contribution in [1.82, 2.24) is 4.98 Å². The van der Waals surface area contributed by atoms with Crippen LogP contribution in [0, 0.1) is 5.82 Å². The van der Waals surface area contributed by atoms with Crippen molar-refractivity contribution in [1.29, 1.82) is 0 Å². The van der Waals surface area contributed by atoms with Gasteiger partial charge in [-0.05, 0) is 29.8 Å². The number of hydrogen-bond acceptors (Lipinski definition) is 5. The van der Waals surface area contributed by atoms with E-state index in [9.17, 15) is 12.8 Å². The highest BCUT2D eigenvalue weighted by atomic mass is 32.2. The molecular formula is C17H15FN2O4S. The number of primary sulfonamides is 1. The van der Waals surface area contributed by atoms with Gasteiger partial charge in [-0.25, -0.2) is 17.9 Å². The van der Waals surface area contributed by atoms with Crippen LogP contribution < -0.4 is 14.6 Å². The fraction of sp³-hybridized carbons (Fsp3) is 0.118. The van der Waals surface area contributed by atoms with E-state index >= 15 is 0 Å². The number of methoxy groups -OCH3 is 1. The topological polar surface area (TPSA) is 91.5 Å². The first-order chi connectivity index (χ1) is 11.9. The maximum atomic E-state index is 14.0. The van der Waals surface area contributed by atoms with Gasteiger partial charge in [-0.15, -0.1) is 0 Å². The van der Waals surface area contributed by atoms with Gasteiger partial charge in [0.1, 0.15) is 11.5 Å². The molecule has 1 aromatic heterocycles. The van der Waals surface area contributed by atoms with Gasteiger partial charge >= 0.3 is 0 Å². The average molecular weight is 362 g/mol. The number of hydrogen-bond donors (Lipinski definition) is 1. The summed E-state index contributed by atoms with van der Waals surface area (Å²) in [5.41, 5.74) is 1.08. The van der Waals surface area contributed by atoms with Crippen LogP contribution in [0.1, 0.15) is 5.56 Å². The molecule has 1 heterocycles. The maximum absolute atomic E-state index is 14.0. The van der Waals surface area contributed by atoms with E-state index in [0.29, 0.717) is 28.0 Å². The summed E-state index contributed by atoms with van der Waals surface area (Å²) >= 11 is 0. The zero-order chi connectivity index (χ0) is 18.0. The van der Waals surface area contributed by atoms with E-state index in [2.05, 4.69) is 4.98 Å². The van der Waals surface area contributed by atoms with Gasteiger partial charge in [-0.1, -0.05) is 12.1 Å². The number of sulfonamides is 1. The molecule has 0 saturated heterocycles. The third kappa shape index (κ3) is 4.04. The highest BCUT2D eigenvalue weighted by Crippen LogP contribution is 2.32. The van der Waals surface area contributed by atoms with Crippen LogP contribution in [0.25, 0.3) is 10.9 Å². The molecule has 6 nitrogen and oxygen atoms in total. The molecule has 25 heavy (non-hydrogen) atoms. The van der Waals surface area contributed by atoms with Crippen LogP contribution in [-0.4, -0.2) is 20.5 Å². The number of rotatable bonds is 5. The largest absolute Gasteiger partial charge is 0.494 e. The highest BCUT2D eigenvalue weighted by Gasteiger charge is 2.11. The summed E-state index contributed by atoms with van der Waals surface area (Å²) < 4.78 is 46.9. The first kappa shape index (κ1) is 17.1. The zero-order valence-corrected chi connectivity index (χ0v) is 14.1. The first-order valence-electron chi connectivity index (χ1n) is 7.25. The smallest absolute Gasteiger partial charge is 0.213 e. The number of ether oxygens (including phenoxy) is 2. The third-order valence-electron chi connectivity index (χ3n) is 3.49. The van der Waals surface area contributed by atoms with Gasteiger partial charge in [0.25, 0.3) is 0 Å². The van der Waals surface area contributed by atoms with E-state index in [1.807, 2.05) is 0 Å². The molecule has 0 aliphatic carbocycles. The summed E-state index contributed by atoms with van der Waals surface area (Å²) in [6, 6.07) is 10.9. The molecule has 2 aromatic carbocycles. The van der Waals surface area contributed by atoms with E-state index in [1.165, 1.54) is 19.2 Å². The van der Waals surface area contributed by atoms with Gasteiger partial charge in [0.05, 0.1) is 18.4 Å². The Bertz CT molecular complexity index is 1020. The standard InChI is InChI=1S/C17H15FN2O4S/c1-23-17-9-15-13(8-14(17)18)16(6-7-20-15)24-12-4-2-11(3-5-12)10-25(19,21)22/h2-9H,10H2,1H3,(H2,19,21,22). The van der Waals surface area contributed by atoms with Crippen LogP contribution >= 0.6 is 0 Å². The van der Waals surface area contributed by atoms with Crippen molar-refractivity contribution in [3.05, 3.63) is 60.0 Å². The Morgan fingerprint density at radius 1 is 1.12 bits per heavy atom. The Kier molecular flexibility index (Phi) is 4.56. The number of pyridine rings is 1. The second-order valence-electron chi connectivity index (χ2n) is 5.37. The molecule has 0 radical (unpaired) electrons. The predicted molar refractivity (Wildman–Crippen MR) is 91.6 cm³/mol. The summed E-state index contributed by atoms with van der Waals surface area (Å²) in [6.07, 6.45) is 1.55. The van der Waals surface area contributed by atoms with E-state index in [-0.39, 0.29) is 11.5 Å². The number of halogens is 1. The van der Waals surface area contributed by atoms with Crippen molar-refractivity contribution >= 4 is 20.9 Å². The normalized spacial score (nSPS) is 11.5. The van der Waals surface area contributed by atoms with Gasteiger partial charge in [0.15, 0.2) is 11.6 Å². The summed E-state index contributed by atoms with van der Waals surface area (Å²) in [5, 5.41) is 5.51. The highest BCUT2D eigenvalue weighted by molar-refractivity contribution is 7.88. The summed E-state index contributed by atoms with van der Waals surface area (Å²) in [6.45, 7) is 0. The van der Waals surface area contributed by atoms with Gasteiger partial charge in [-0.2, -0.15) is 0 Å². The Morgan fingerprint density at radius 3 is 2.48 bits per heavy atom. The van der Waals surface area contributed by atoms with Crippen LogP contribution in [0.15, 0.2) is 48.7 Å². The molecule has 0 fully saturated rings. The summed E-state index contributed by atoms with van der Waals surface area (Å²) in [7, 11) is -2.21. The predicted octanol–water partition coefficient (Wildman–Crippen LogP) is 2.96. The lowest BCUT2D eigenvalue weighted by Gasteiger charge is -2.10. The van der Waals surface area contributed by atoms with Gasteiger partial charge in [0, 0.05) is 17.6 Å². The number of fused-ring (bicyclic) bond motifs is 1. The number of nitrogens with two attached hydrogens (primary N) is 1. The summed E-state index contributed by atoms with van der Waals surface area (Å²) in [5.74, 6) is 0.227. The minimum absolute atomic E-state index is 0.101. The van der Waals surface area contributed by atoms with E-state index in [0.717, 1.165) is 0 Å². The molecule has 0 amide bonds. The maximum Gasteiger partial charge on any atom is 0.213 e. The van der Waals surface area contributed by atoms with Crippen molar-refractivity contribution in [2.45, 2.75) is 5.75 Å². The van der Waals surface area contributed by atoms with E-state index < -0.39 is 15.8 Å². The molecular weight excluding hydrogens is 347 g/mol. The van der Waals surface area contributed by atoms with Crippen LogP contribution in [0.2, 0.25) is 0 Å². The Balaban J connectivity index is 1.91. The SMILES string of the molecule is COc1cc2nccc(Oc3ccc(CS(N)(=O)=O)cc3)c2cc1F. The molecule has 0 unspecified atom stereocenters. The van der Waals surface area contributed by atoms with Gasteiger partial charge in [0.2, 0.25) is 10.0 Å². The fourth-order valence-electron chi connectivity index (χ4n) is 2.38. The fourth-order valence-corrected chi connectivity index (χ4v) is 3.04. The van der Waals surface area contributed by atoms with Crippen molar-refractivity contribution in [2.75, 3.05) is 7.11 Å². The third-order valence-corrected chi connectivity index (χ3v) is 4.23. The lowest BCUT2D eigenvalue weighted by atomic mass is 10.2. The molecule has 2 N–H and O–H groups in total. The van der Waals surface area contributed by atoms with Gasteiger partial charge < -0.3 is 9.47 Å². The van der Waals surface area contributed by atoms with E-state index in [4.69, 9.17) is 14.6 Å². The number of nitrogens with zero attached hydrogens (tertiary/aromatic N) is 1. The lowest BCUT2D eigenvalue weighted by Crippen LogP contribution is -2.14. The molecule has 130 valence electrons. The Morgan fingerprint density at radius 2 is 1.84 bits per heavy atom. The van der Waals surface area contributed by atoms with Crippen LogP contribution in [0.4, 0.5) is 4.39 Å². The molecule has 0 saturated carbocycles. The Labute approximate surface area is 144 Å². The van der Waals surface area contributed by atoms with Crippen LogP contribution in [0.5, 0.6) is 17.2 Å². The minimum atomic E-state index is -3.59. The quantitative estimate of drug-likeness (QED) is 0.753. The Hall–Kier alpha value is -2.71. The van der Waals surface area contributed by atoms with Crippen molar-refractivity contribution in [2.24, 2.45) is 5.14 Å². The van der Waals surface area contributed by atoms with Gasteiger partial charge in [-0.3, -0.25) is 4.98 Å². The molecule has 3 rings (SSSR count). The molecule has 0 bridgehead atoms. The van der Waals surface area contributed by atoms with Crippen molar-refractivity contribution in [3.8, 4) is 17.2 Å². The first-order valence-corrected chi connectivity index (χ1v) is 8.97. The zero-order valence-electron chi connectivity index (χ0n) is 13.3. The second kappa shape index (κ2) is 6.66. The van der Waals surface area contributed by atoms with Crippen molar-refractivity contribution in [3.63, 3.8) is 0 Å². The second-order valence-corrected chi connectivity index (χ2v) is 6.98.